The standard InChI is InChI=1S/C13H17F3N2O2/c1-12(2,17-3)11(19)18-10-6-5-8(20-4)7-9(10)13(14,15)16/h5-7,17H,1-4H3,(H,18,19). The molecule has 0 aliphatic carbocycles. The SMILES string of the molecule is CNC(C)(C)C(=O)Nc1ccc(OC)cc1C(F)(F)F. The number of anilines is 1. The van der Waals surface area contributed by atoms with E-state index in [1.807, 2.05) is 0 Å². The summed E-state index contributed by atoms with van der Waals surface area (Å²) in [7, 11) is 2.83. The summed E-state index contributed by atoms with van der Waals surface area (Å²) in [6, 6.07) is 3.38. The highest BCUT2D eigenvalue weighted by Gasteiger charge is 2.35. The van der Waals surface area contributed by atoms with Gasteiger partial charge in [0, 0.05) is 0 Å². The van der Waals surface area contributed by atoms with E-state index in [1.54, 1.807) is 20.9 Å². The Kier molecular flexibility index (Phi) is 4.65. The van der Waals surface area contributed by atoms with Crippen molar-refractivity contribution < 1.29 is 22.7 Å². The molecule has 20 heavy (non-hydrogen) atoms. The number of likely N-dealkylation sites (N-methyl/N-ethyl adjacent to an activating group) is 1. The van der Waals surface area contributed by atoms with Gasteiger partial charge in [0.1, 0.15) is 5.75 Å². The fraction of sp³-hybridized carbons (Fsp3) is 0.462. The number of alkyl halides is 3. The Labute approximate surface area is 115 Å². The molecule has 0 aliphatic rings. The van der Waals surface area contributed by atoms with Crippen LogP contribution in [-0.2, 0) is 11.0 Å². The normalized spacial score (nSPS) is 12.2. The van der Waals surface area contributed by atoms with Crippen LogP contribution in [0.25, 0.3) is 0 Å². The van der Waals surface area contributed by atoms with E-state index in [-0.39, 0.29) is 11.4 Å². The monoisotopic (exact) mass is 290 g/mol. The molecule has 0 saturated heterocycles. The molecule has 0 heterocycles. The van der Waals surface area contributed by atoms with E-state index in [0.717, 1.165) is 6.07 Å². The molecule has 112 valence electrons. The van der Waals surface area contributed by atoms with E-state index in [9.17, 15) is 18.0 Å². The van der Waals surface area contributed by atoms with E-state index in [4.69, 9.17) is 4.74 Å². The van der Waals surface area contributed by atoms with Crippen molar-refractivity contribution in [1.82, 2.24) is 5.32 Å². The van der Waals surface area contributed by atoms with Gasteiger partial charge >= 0.3 is 6.18 Å². The van der Waals surface area contributed by atoms with Crippen molar-refractivity contribution in [2.45, 2.75) is 25.6 Å². The van der Waals surface area contributed by atoms with E-state index in [0.29, 0.717) is 0 Å². The Balaban J connectivity index is 3.16. The third-order valence-corrected chi connectivity index (χ3v) is 2.97. The van der Waals surface area contributed by atoms with Crippen LogP contribution in [0.4, 0.5) is 18.9 Å². The van der Waals surface area contributed by atoms with Gasteiger partial charge in [-0.3, -0.25) is 4.79 Å². The van der Waals surface area contributed by atoms with Crippen molar-refractivity contribution in [2.24, 2.45) is 0 Å². The molecular formula is C13H17F3N2O2. The first-order valence-electron chi connectivity index (χ1n) is 5.87. The third-order valence-electron chi connectivity index (χ3n) is 2.97. The Morgan fingerprint density at radius 2 is 1.85 bits per heavy atom. The molecule has 4 nitrogen and oxygen atoms in total. The maximum atomic E-state index is 13.0. The summed E-state index contributed by atoms with van der Waals surface area (Å²) in [5, 5.41) is 5.01. The summed E-state index contributed by atoms with van der Waals surface area (Å²) in [4.78, 5) is 11.9. The van der Waals surface area contributed by atoms with Gasteiger partial charge in [-0.05, 0) is 39.1 Å². The van der Waals surface area contributed by atoms with Crippen LogP contribution in [0.2, 0.25) is 0 Å². The van der Waals surface area contributed by atoms with Crippen molar-refractivity contribution in [1.29, 1.82) is 0 Å². The van der Waals surface area contributed by atoms with Crippen LogP contribution in [0.1, 0.15) is 19.4 Å². The molecule has 1 aromatic carbocycles. The number of hydrogen-bond acceptors (Lipinski definition) is 3. The average Bonchev–Trinajstić information content (AvgIpc) is 2.37. The summed E-state index contributed by atoms with van der Waals surface area (Å²) in [6.07, 6.45) is -4.58. The van der Waals surface area contributed by atoms with E-state index in [2.05, 4.69) is 10.6 Å². The molecule has 2 N–H and O–H groups in total. The predicted molar refractivity (Wildman–Crippen MR) is 69.8 cm³/mol. The number of halogens is 3. The van der Waals surface area contributed by atoms with E-state index in [1.165, 1.54) is 19.2 Å². The van der Waals surface area contributed by atoms with Gasteiger partial charge in [0.2, 0.25) is 5.91 Å². The highest BCUT2D eigenvalue weighted by molar-refractivity contribution is 5.98. The lowest BCUT2D eigenvalue weighted by molar-refractivity contribution is -0.137. The molecule has 0 radical (unpaired) electrons. The summed E-state index contributed by atoms with van der Waals surface area (Å²) < 4.78 is 43.7. The second-order valence-corrected chi connectivity index (χ2v) is 4.74. The molecular weight excluding hydrogens is 273 g/mol. The number of nitrogens with one attached hydrogen (secondary N) is 2. The van der Waals surface area contributed by atoms with E-state index >= 15 is 0 Å². The first kappa shape index (κ1) is 16.3. The van der Waals surface area contributed by atoms with Gasteiger partial charge in [-0.2, -0.15) is 13.2 Å². The fourth-order valence-electron chi connectivity index (χ4n) is 1.39. The van der Waals surface area contributed by atoms with Gasteiger partial charge in [-0.15, -0.1) is 0 Å². The molecule has 1 amide bonds. The lowest BCUT2D eigenvalue weighted by atomic mass is 10.0. The van der Waals surface area contributed by atoms with Crippen LogP contribution in [-0.4, -0.2) is 25.6 Å². The minimum Gasteiger partial charge on any atom is -0.497 e. The van der Waals surface area contributed by atoms with Crippen LogP contribution >= 0.6 is 0 Å². The summed E-state index contributed by atoms with van der Waals surface area (Å²) in [5.74, 6) is -0.487. The van der Waals surface area contributed by atoms with Crippen molar-refractivity contribution in [3.8, 4) is 5.75 Å². The maximum Gasteiger partial charge on any atom is 0.418 e. The summed E-state index contributed by atoms with van der Waals surface area (Å²) in [5.41, 5.74) is -2.23. The van der Waals surface area contributed by atoms with Gasteiger partial charge in [0.05, 0.1) is 23.9 Å². The van der Waals surface area contributed by atoms with E-state index < -0.39 is 23.2 Å². The van der Waals surface area contributed by atoms with Crippen LogP contribution in [0, 0.1) is 0 Å². The summed E-state index contributed by atoms with van der Waals surface area (Å²) >= 11 is 0. The maximum absolute atomic E-state index is 13.0. The van der Waals surface area contributed by atoms with Crippen molar-refractivity contribution in [3.63, 3.8) is 0 Å². The van der Waals surface area contributed by atoms with Crippen molar-refractivity contribution >= 4 is 11.6 Å². The highest BCUT2D eigenvalue weighted by Crippen LogP contribution is 2.37. The lowest BCUT2D eigenvalue weighted by Crippen LogP contribution is -2.48. The van der Waals surface area contributed by atoms with Gasteiger partial charge < -0.3 is 15.4 Å². The molecule has 0 atom stereocenters. The quantitative estimate of drug-likeness (QED) is 0.896. The Morgan fingerprint density at radius 3 is 2.30 bits per heavy atom. The number of carbonyl (C=O) groups excluding carboxylic acids is 1. The minimum absolute atomic E-state index is 0.0724. The van der Waals surface area contributed by atoms with Crippen molar-refractivity contribution in [3.05, 3.63) is 23.8 Å². The molecule has 7 heteroatoms. The summed E-state index contributed by atoms with van der Waals surface area (Å²) in [6.45, 7) is 3.14. The highest BCUT2D eigenvalue weighted by atomic mass is 19.4. The predicted octanol–water partition coefficient (Wildman–Crippen LogP) is 2.65. The molecule has 1 aromatic rings. The number of carbonyl (C=O) groups is 1. The van der Waals surface area contributed by atoms with Crippen LogP contribution in [0.5, 0.6) is 5.75 Å². The average molecular weight is 290 g/mol. The zero-order valence-electron chi connectivity index (χ0n) is 11.7. The molecule has 0 saturated carbocycles. The number of amides is 1. The minimum atomic E-state index is -4.58. The zero-order valence-corrected chi connectivity index (χ0v) is 11.7. The molecule has 0 bridgehead atoms. The number of hydrogen-bond donors (Lipinski definition) is 2. The largest absolute Gasteiger partial charge is 0.497 e. The molecule has 1 rings (SSSR count). The van der Waals surface area contributed by atoms with Crippen LogP contribution < -0.4 is 15.4 Å². The van der Waals surface area contributed by atoms with Gasteiger partial charge in [-0.25, -0.2) is 0 Å². The number of ether oxygens (including phenoxy) is 1. The molecule has 0 fully saturated rings. The number of methoxy groups -OCH3 is 1. The van der Waals surface area contributed by atoms with Crippen LogP contribution in [0.3, 0.4) is 0 Å². The van der Waals surface area contributed by atoms with Crippen molar-refractivity contribution in [2.75, 3.05) is 19.5 Å². The van der Waals surface area contributed by atoms with Gasteiger partial charge in [0.15, 0.2) is 0 Å². The zero-order chi connectivity index (χ0) is 15.6. The smallest absolute Gasteiger partial charge is 0.418 e. The molecule has 0 aliphatic heterocycles. The second kappa shape index (κ2) is 5.70. The molecule has 0 unspecified atom stereocenters. The molecule has 0 spiro atoms. The Morgan fingerprint density at radius 1 is 1.25 bits per heavy atom. The first-order chi connectivity index (χ1) is 9.11. The third kappa shape index (κ3) is 3.63. The first-order valence-corrected chi connectivity index (χ1v) is 5.87. The van der Waals surface area contributed by atoms with Gasteiger partial charge in [0.25, 0.3) is 0 Å². The second-order valence-electron chi connectivity index (χ2n) is 4.74. The lowest BCUT2D eigenvalue weighted by Gasteiger charge is -2.24. The number of rotatable bonds is 4. The van der Waals surface area contributed by atoms with Gasteiger partial charge in [-0.1, -0.05) is 0 Å². The van der Waals surface area contributed by atoms with Crippen LogP contribution in [0.15, 0.2) is 18.2 Å². The Bertz CT molecular complexity index is 499. The molecule has 0 aromatic heterocycles. The number of benzene rings is 1. The topological polar surface area (TPSA) is 50.4 Å². The fourth-order valence-corrected chi connectivity index (χ4v) is 1.39. The Hall–Kier alpha value is -1.76.